The van der Waals surface area contributed by atoms with Crippen LogP contribution in [-0.2, 0) is 47.5 Å². The zero-order chi connectivity index (χ0) is 34.7. The molecule has 254 valence electrons. The predicted molar refractivity (Wildman–Crippen MR) is 164 cm³/mol. The fourth-order valence-electron chi connectivity index (χ4n) is 4.45. The van der Waals surface area contributed by atoms with Crippen LogP contribution in [0.1, 0.15) is 26.0 Å². The number of thiazole rings is 1. The van der Waals surface area contributed by atoms with Gasteiger partial charge in [-0.3, -0.25) is 9.59 Å². The zero-order valence-electron chi connectivity index (χ0n) is 25.2. The first-order chi connectivity index (χ1) is 22.0. The molecular formula is C26H31ClN8O10S2. The molecule has 3 aromatic rings. The van der Waals surface area contributed by atoms with Crippen molar-refractivity contribution in [2.24, 2.45) is 17.9 Å². The molecular weight excluding hydrogens is 684 g/mol. The topological polar surface area (TPSA) is 258 Å². The molecule has 0 radical (unpaired) electrons. The Morgan fingerprint density at radius 1 is 1.36 bits per heavy atom. The second-order valence-electron chi connectivity index (χ2n) is 10.7. The number of aliphatic carboxylic acids is 1. The zero-order valence-corrected chi connectivity index (χ0v) is 27.5. The van der Waals surface area contributed by atoms with E-state index in [1.54, 1.807) is 12.1 Å². The fraction of sp³-hybridized carbons (Fsp3) is 0.385. The standard InChI is InChI=1S/C26H31ClN8O10S2/c1-26(2)21(23(37)35(26)45-47(40,41)42)31-22(36)20(18-13-46-25(29)30-18)32-44-19(24(38)39)12-43-15-5-6-16(17(27)9-15)14-10-33(3)34(11-14)8-4-7-28/h5-6,9-11,13,19,21H,4,7-8,12,28H2,1-3H3,(H4-,29,30,31,36,38,39,40,41,42)/b32-20-/t19-,21+/m0/s1. The summed E-state index contributed by atoms with van der Waals surface area (Å²) in [6.45, 7) is 3.37. The summed E-state index contributed by atoms with van der Waals surface area (Å²) >= 11 is 7.46. The van der Waals surface area contributed by atoms with Gasteiger partial charge in [0.2, 0.25) is 16.6 Å². The number of aromatic nitrogens is 3. The summed E-state index contributed by atoms with van der Waals surface area (Å²) < 4.78 is 46.6. The van der Waals surface area contributed by atoms with Crippen LogP contribution in [-0.4, -0.2) is 87.1 Å². The molecule has 47 heavy (non-hydrogen) atoms. The first-order valence-corrected chi connectivity index (χ1v) is 16.3. The van der Waals surface area contributed by atoms with E-state index in [1.807, 2.05) is 28.8 Å². The molecule has 1 aliphatic rings. The van der Waals surface area contributed by atoms with E-state index in [4.69, 9.17) is 32.6 Å². The number of nitrogens with zero attached hydrogens (tertiary/aromatic N) is 5. The molecule has 4 rings (SSSR count). The molecule has 0 bridgehead atoms. The van der Waals surface area contributed by atoms with Crippen LogP contribution < -0.4 is 26.2 Å². The lowest BCUT2D eigenvalue weighted by atomic mass is 9.84. The highest BCUT2D eigenvalue weighted by atomic mass is 35.5. The van der Waals surface area contributed by atoms with E-state index in [-0.39, 0.29) is 16.6 Å². The van der Waals surface area contributed by atoms with Gasteiger partial charge >= 0.3 is 5.97 Å². The molecule has 1 saturated heterocycles. The van der Waals surface area contributed by atoms with E-state index < -0.39 is 58.2 Å². The number of ether oxygens (including phenoxy) is 1. The van der Waals surface area contributed by atoms with Crippen LogP contribution in [0.2, 0.25) is 5.02 Å². The molecule has 0 aliphatic carbocycles. The number of hydroxylamine groups is 2. The van der Waals surface area contributed by atoms with E-state index in [0.29, 0.717) is 22.2 Å². The van der Waals surface area contributed by atoms with Crippen molar-refractivity contribution in [3.8, 4) is 16.9 Å². The molecule has 1 fully saturated rings. The van der Waals surface area contributed by atoms with E-state index >= 15 is 0 Å². The van der Waals surface area contributed by atoms with Gasteiger partial charge in [-0.2, -0.15) is 14.0 Å². The summed E-state index contributed by atoms with van der Waals surface area (Å²) in [5.41, 5.74) is 10.7. The van der Waals surface area contributed by atoms with Crippen LogP contribution in [0.4, 0.5) is 5.13 Å². The van der Waals surface area contributed by atoms with Gasteiger partial charge in [-0.25, -0.2) is 18.2 Å². The van der Waals surface area contributed by atoms with Crippen molar-refractivity contribution in [2.75, 3.05) is 18.9 Å². The monoisotopic (exact) mass is 714 g/mol. The van der Waals surface area contributed by atoms with Gasteiger partial charge in [-0.15, -0.1) is 16.0 Å². The van der Waals surface area contributed by atoms with Gasteiger partial charge in [-0.05, 0) is 45.0 Å². The highest BCUT2D eigenvalue weighted by Crippen LogP contribution is 2.33. The van der Waals surface area contributed by atoms with Crippen LogP contribution in [0.15, 0.2) is 41.1 Å². The van der Waals surface area contributed by atoms with Crippen LogP contribution in [0.5, 0.6) is 5.75 Å². The van der Waals surface area contributed by atoms with Gasteiger partial charge in [0.1, 0.15) is 24.1 Å². The molecule has 0 spiro atoms. The molecule has 1 aliphatic heterocycles. The lowest BCUT2D eigenvalue weighted by molar-refractivity contribution is -0.753. The molecule has 0 unspecified atom stereocenters. The number of hydrogen-bond acceptors (Lipinski definition) is 14. The highest BCUT2D eigenvalue weighted by molar-refractivity contribution is 7.80. The molecule has 1 aromatic carbocycles. The first-order valence-electron chi connectivity index (χ1n) is 13.7. The van der Waals surface area contributed by atoms with Crippen molar-refractivity contribution >= 4 is 62.0 Å². The second-order valence-corrected chi connectivity index (χ2v) is 12.9. The number of carboxylic acids is 1. The number of nitrogen functional groups attached to an aromatic ring is 1. The summed E-state index contributed by atoms with van der Waals surface area (Å²) in [7, 11) is -3.38. The summed E-state index contributed by atoms with van der Waals surface area (Å²) in [6, 6.07) is 3.46. The third-order valence-corrected chi connectivity index (χ3v) is 8.23. The van der Waals surface area contributed by atoms with Crippen molar-refractivity contribution in [1.29, 1.82) is 0 Å². The number of carbonyl (C=O) groups is 3. The Kier molecular flexibility index (Phi) is 10.7. The smallest absolute Gasteiger partial charge is 0.351 e. The van der Waals surface area contributed by atoms with Crippen LogP contribution >= 0.6 is 22.9 Å². The summed E-state index contributed by atoms with van der Waals surface area (Å²) in [5.74, 6) is -3.35. The number of carboxylic acid groups (broad SMARTS) is 1. The number of rotatable bonds is 15. The molecule has 2 atom stereocenters. The molecule has 0 saturated carbocycles. The normalized spacial score (nSPS) is 16.8. The van der Waals surface area contributed by atoms with E-state index in [1.165, 1.54) is 25.3 Å². The molecule has 21 heteroatoms. The second kappa shape index (κ2) is 14.2. The number of β-lactam (4-membered cyclic amide) rings is 1. The number of hydrogen-bond donors (Lipinski definition) is 4. The summed E-state index contributed by atoms with van der Waals surface area (Å²) in [4.78, 5) is 46.8. The Balaban J connectivity index is 1.47. The van der Waals surface area contributed by atoms with Gasteiger partial charge in [0.15, 0.2) is 17.9 Å². The van der Waals surface area contributed by atoms with Gasteiger partial charge < -0.3 is 36.0 Å². The fourth-order valence-corrected chi connectivity index (χ4v) is 5.72. The minimum atomic E-state index is -5.27. The van der Waals surface area contributed by atoms with Gasteiger partial charge in [-0.1, -0.05) is 16.8 Å². The average molecular weight is 715 g/mol. The highest BCUT2D eigenvalue weighted by Gasteiger charge is 2.57. The van der Waals surface area contributed by atoms with Crippen molar-refractivity contribution < 1.29 is 51.0 Å². The van der Waals surface area contributed by atoms with Crippen molar-refractivity contribution in [3.05, 3.63) is 46.7 Å². The van der Waals surface area contributed by atoms with Gasteiger partial charge in [0.25, 0.3) is 17.9 Å². The van der Waals surface area contributed by atoms with Gasteiger partial charge in [0, 0.05) is 10.9 Å². The van der Waals surface area contributed by atoms with Crippen LogP contribution in [0.25, 0.3) is 11.1 Å². The average Bonchev–Trinajstić information content (AvgIpc) is 3.58. The maximum Gasteiger partial charge on any atom is 0.351 e. The number of nitrogens with two attached hydrogens (primary N) is 2. The number of nitrogens with one attached hydrogen (secondary N) is 1. The molecule has 6 N–H and O–H groups in total. The SMILES string of the molecule is C[n+]1cc(-c2ccc(OC[C@H](O/N=C(\C(=O)N[C@@H]3C(=O)N(OS(=O)(=O)[O-])C3(C)C)c3csc(N)n3)C(=O)O)cc2Cl)cn1CCCN. The Labute approximate surface area is 277 Å². The van der Waals surface area contributed by atoms with Crippen molar-refractivity contribution in [3.63, 3.8) is 0 Å². The number of oxime groups is 1. The van der Waals surface area contributed by atoms with Crippen molar-refractivity contribution in [1.82, 2.24) is 20.0 Å². The van der Waals surface area contributed by atoms with Crippen LogP contribution in [0.3, 0.4) is 0 Å². The van der Waals surface area contributed by atoms with E-state index in [0.717, 1.165) is 29.9 Å². The largest absolute Gasteiger partial charge is 0.724 e. The number of benzene rings is 1. The Morgan fingerprint density at radius 3 is 2.66 bits per heavy atom. The number of amides is 2. The third-order valence-electron chi connectivity index (χ3n) is 6.91. The predicted octanol–water partition coefficient (Wildman–Crippen LogP) is -0.229. The maximum atomic E-state index is 13.2. The third kappa shape index (κ3) is 8.34. The number of aryl methyl sites for hydroxylation is 2. The number of halogens is 1. The van der Waals surface area contributed by atoms with Gasteiger partial charge in [0.05, 0.1) is 28.9 Å². The molecule has 18 nitrogen and oxygen atoms in total. The quantitative estimate of drug-likeness (QED) is 0.0397. The Bertz CT molecular complexity index is 1810. The van der Waals surface area contributed by atoms with E-state index in [2.05, 4.69) is 19.7 Å². The minimum Gasteiger partial charge on any atom is -0.724 e. The molecule has 2 amide bonds. The maximum absolute atomic E-state index is 13.2. The van der Waals surface area contributed by atoms with E-state index in [9.17, 15) is 32.5 Å². The lowest BCUT2D eigenvalue weighted by Crippen LogP contribution is -2.76. The first kappa shape index (κ1) is 35.5. The van der Waals surface area contributed by atoms with Crippen LogP contribution in [0, 0.1) is 0 Å². The molecule has 2 aromatic heterocycles. The lowest BCUT2D eigenvalue weighted by Gasteiger charge is -2.51. The Hall–Kier alpha value is -4.34. The summed E-state index contributed by atoms with van der Waals surface area (Å²) in [6.07, 6.45) is 2.90. The Morgan fingerprint density at radius 2 is 2.09 bits per heavy atom. The molecule has 3 heterocycles. The van der Waals surface area contributed by atoms with Crippen molar-refractivity contribution in [2.45, 2.75) is 44.5 Å². The number of carbonyl (C=O) groups excluding carboxylic acids is 2. The summed E-state index contributed by atoms with van der Waals surface area (Å²) in [5, 5.41) is 17.8. The minimum absolute atomic E-state index is 0.0418. The number of anilines is 1.